The molecule has 1 aromatic heterocycles. The average Bonchev–Trinajstić information content (AvgIpc) is 2.42. The number of nitrogens with zero attached hydrogens (tertiary/aromatic N) is 2. The largest absolute Gasteiger partial charge is 0.308 e. The fourth-order valence-electron chi connectivity index (χ4n) is 1.28. The van der Waals surface area contributed by atoms with Crippen molar-refractivity contribution >= 4 is 0 Å². The van der Waals surface area contributed by atoms with E-state index in [2.05, 4.69) is 30.8 Å². The molecule has 0 fully saturated rings. The minimum Gasteiger partial charge on any atom is -0.308 e. The molecule has 86 valence electrons. The second kappa shape index (κ2) is 4.23. The van der Waals surface area contributed by atoms with Crippen LogP contribution in [0.2, 0.25) is 0 Å². The first-order valence-electron chi connectivity index (χ1n) is 5.26. The summed E-state index contributed by atoms with van der Waals surface area (Å²) in [6.07, 6.45) is 0. The molecular formula is C11H21N3O. The van der Waals surface area contributed by atoms with E-state index in [0.29, 0.717) is 6.54 Å². The molecule has 0 radical (unpaired) electrons. The molecule has 15 heavy (non-hydrogen) atoms. The fourth-order valence-corrected chi connectivity index (χ4v) is 1.28. The molecule has 0 saturated carbocycles. The van der Waals surface area contributed by atoms with Gasteiger partial charge in [-0.15, -0.1) is 0 Å². The summed E-state index contributed by atoms with van der Waals surface area (Å²) in [7, 11) is 4.00. The molecule has 4 heteroatoms. The number of likely N-dealkylation sites (N-methyl/N-ethyl adjacent to an activating group) is 1. The molecule has 0 atom stereocenters. The molecule has 1 N–H and O–H groups in total. The first kappa shape index (κ1) is 12.0. The van der Waals surface area contributed by atoms with Gasteiger partial charge in [0.05, 0.1) is 6.54 Å². The minimum atomic E-state index is 0.00251. The molecule has 0 bridgehead atoms. The van der Waals surface area contributed by atoms with Crippen LogP contribution in [-0.4, -0.2) is 35.3 Å². The molecule has 0 unspecified atom stereocenters. The van der Waals surface area contributed by atoms with Gasteiger partial charge in [-0.25, -0.2) is 0 Å². The van der Waals surface area contributed by atoms with Crippen LogP contribution in [0.1, 0.15) is 26.5 Å². The minimum absolute atomic E-state index is 0.00251. The summed E-state index contributed by atoms with van der Waals surface area (Å²) in [5.41, 5.74) is 1.05. The number of nitrogens with one attached hydrogen (secondary N) is 1. The molecule has 0 amide bonds. The first-order chi connectivity index (χ1) is 6.80. The third-order valence-corrected chi connectivity index (χ3v) is 2.37. The molecule has 1 heterocycles. The zero-order chi connectivity index (χ0) is 11.6. The zero-order valence-corrected chi connectivity index (χ0v) is 10.3. The standard InChI is InChI=1S/C11H21N3O/c1-11(2,3)9-8-10(15)14(12-9)7-6-13(4)5/h8,12H,6-7H2,1-5H3. The smallest absolute Gasteiger partial charge is 0.266 e. The zero-order valence-electron chi connectivity index (χ0n) is 10.3. The van der Waals surface area contributed by atoms with Gasteiger partial charge in [0.1, 0.15) is 0 Å². The number of hydrogen-bond acceptors (Lipinski definition) is 2. The van der Waals surface area contributed by atoms with Gasteiger partial charge in [-0.2, -0.15) is 0 Å². The highest BCUT2D eigenvalue weighted by molar-refractivity contribution is 5.10. The molecule has 0 spiro atoms. The normalized spacial score (nSPS) is 12.4. The Morgan fingerprint density at radius 3 is 2.40 bits per heavy atom. The van der Waals surface area contributed by atoms with Gasteiger partial charge in [0, 0.05) is 23.7 Å². The summed E-state index contributed by atoms with van der Waals surface area (Å²) in [5, 5.41) is 3.15. The lowest BCUT2D eigenvalue weighted by molar-refractivity contribution is 0.367. The van der Waals surface area contributed by atoms with Gasteiger partial charge in [-0.1, -0.05) is 20.8 Å². The third-order valence-electron chi connectivity index (χ3n) is 2.37. The Morgan fingerprint density at radius 1 is 1.40 bits per heavy atom. The highest BCUT2D eigenvalue weighted by Crippen LogP contribution is 2.17. The van der Waals surface area contributed by atoms with Gasteiger partial charge in [0.2, 0.25) is 0 Å². The predicted octanol–water partition coefficient (Wildman–Crippen LogP) is 1.04. The van der Waals surface area contributed by atoms with E-state index >= 15 is 0 Å². The molecular weight excluding hydrogens is 190 g/mol. The Kier molecular flexibility index (Phi) is 3.39. The van der Waals surface area contributed by atoms with Crippen molar-refractivity contribution in [2.24, 2.45) is 0 Å². The number of rotatable bonds is 3. The van der Waals surface area contributed by atoms with E-state index in [1.165, 1.54) is 0 Å². The van der Waals surface area contributed by atoms with E-state index in [1.54, 1.807) is 10.7 Å². The lowest BCUT2D eigenvalue weighted by Crippen LogP contribution is -2.24. The van der Waals surface area contributed by atoms with E-state index in [9.17, 15) is 4.79 Å². The van der Waals surface area contributed by atoms with Crippen LogP contribution >= 0.6 is 0 Å². The fraction of sp³-hybridized carbons (Fsp3) is 0.727. The number of H-pyrrole nitrogens is 1. The highest BCUT2D eigenvalue weighted by atomic mass is 16.1. The summed E-state index contributed by atoms with van der Waals surface area (Å²) < 4.78 is 1.67. The summed E-state index contributed by atoms with van der Waals surface area (Å²) in [6, 6.07) is 1.69. The summed E-state index contributed by atoms with van der Waals surface area (Å²) in [4.78, 5) is 13.7. The van der Waals surface area contributed by atoms with Gasteiger partial charge in [0.15, 0.2) is 0 Å². The van der Waals surface area contributed by atoms with Crippen molar-refractivity contribution in [3.05, 3.63) is 22.1 Å². The maximum absolute atomic E-state index is 11.6. The quantitative estimate of drug-likeness (QED) is 0.811. The summed E-state index contributed by atoms with van der Waals surface area (Å²) >= 11 is 0. The van der Waals surface area contributed by atoms with E-state index in [-0.39, 0.29) is 11.0 Å². The van der Waals surface area contributed by atoms with Crippen LogP contribution in [0.15, 0.2) is 10.9 Å². The lowest BCUT2D eigenvalue weighted by Gasteiger charge is -2.16. The Balaban J connectivity index is 2.83. The maximum Gasteiger partial charge on any atom is 0.266 e. The van der Waals surface area contributed by atoms with E-state index in [1.807, 2.05) is 14.1 Å². The molecule has 0 saturated heterocycles. The lowest BCUT2D eigenvalue weighted by atomic mass is 9.93. The Bertz CT molecular complexity index is 368. The highest BCUT2D eigenvalue weighted by Gasteiger charge is 2.17. The number of aromatic amines is 1. The van der Waals surface area contributed by atoms with Crippen LogP contribution in [0.25, 0.3) is 0 Å². The molecule has 4 nitrogen and oxygen atoms in total. The van der Waals surface area contributed by atoms with Crippen LogP contribution in [0, 0.1) is 0 Å². The Labute approximate surface area is 90.9 Å². The van der Waals surface area contributed by atoms with Crippen LogP contribution in [-0.2, 0) is 12.0 Å². The molecule has 1 rings (SSSR count). The second-order valence-electron chi connectivity index (χ2n) is 5.21. The van der Waals surface area contributed by atoms with Crippen molar-refractivity contribution < 1.29 is 0 Å². The number of aromatic nitrogens is 2. The van der Waals surface area contributed by atoms with Crippen molar-refractivity contribution in [2.45, 2.75) is 32.7 Å². The SMILES string of the molecule is CN(C)CCn1[nH]c(C(C)(C)C)cc1=O. The second-order valence-corrected chi connectivity index (χ2v) is 5.21. The Morgan fingerprint density at radius 2 is 2.00 bits per heavy atom. The molecule has 1 aromatic rings. The molecule has 0 aliphatic heterocycles. The average molecular weight is 211 g/mol. The first-order valence-corrected chi connectivity index (χ1v) is 5.26. The Hall–Kier alpha value is -1.03. The van der Waals surface area contributed by atoms with Crippen LogP contribution in [0.3, 0.4) is 0 Å². The molecule has 0 aliphatic carbocycles. The van der Waals surface area contributed by atoms with Gasteiger partial charge in [-0.05, 0) is 14.1 Å². The van der Waals surface area contributed by atoms with E-state index in [4.69, 9.17) is 0 Å². The van der Waals surface area contributed by atoms with Crippen LogP contribution in [0.5, 0.6) is 0 Å². The molecule has 0 aliphatic rings. The van der Waals surface area contributed by atoms with Gasteiger partial charge < -0.3 is 4.90 Å². The summed E-state index contributed by atoms with van der Waals surface area (Å²) in [5.74, 6) is 0. The van der Waals surface area contributed by atoms with Crippen molar-refractivity contribution in [1.82, 2.24) is 14.7 Å². The van der Waals surface area contributed by atoms with Crippen LogP contribution in [0.4, 0.5) is 0 Å². The molecule has 0 aromatic carbocycles. The maximum atomic E-state index is 11.6. The monoisotopic (exact) mass is 211 g/mol. The van der Waals surface area contributed by atoms with Crippen molar-refractivity contribution in [1.29, 1.82) is 0 Å². The van der Waals surface area contributed by atoms with Crippen LogP contribution < -0.4 is 5.56 Å². The van der Waals surface area contributed by atoms with E-state index in [0.717, 1.165) is 12.2 Å². The van der Waals surface area contributed by atoms with Crippen molar-refractivity contribution in [3.8, 4) is 0 Å². The van der Waals surface area contributed by atoms with Gasteiger partial charge in [-0.3, -0.25) is 14.6 Å². The van der Waals surface area contributed by atoms with Gasteiger partial charge >= 0.3 is 0 Å². The topological polar surface area (TPSA) is 41.0 Å². The summed E-state index contributed by atoms with van der Waals surface area (Å²) in [6.45, 7) is 7.85. The predicted molar refractivity (Wildman–Crippen MR) is 62.3 cm³/mol. The third kappa shape index (κ3) is 3.23. The van der Waals surface area contributed by atoms with Crippen molar-refractivity contribution in [3.63, 3.8) is 0 Å². The van der Waals surface area contributed by atoms with Crippen molar-refractivity contribution in [2.75, 3.05) is 20.6 Å². The number of hydrogen-bond donors (Lipinski definition) is 1. The van der Waals surface area contributed by atoms with Gasteiger partial charge in [0.25, 0.3) is 5.56 Å². The van der Waals surface area contributed by atoms with E-state index < -0.39 is 0 Å².